The summed E-state index contributed by atoms with van der Waals surface area (Å²) >= 11 is 0. The molecule has 26 heavy (non-hydrogen) atoms. The van der Waals surface area contributed by atoms with Crippen LogP contribution in [-0.4, -0.2) is 40.1 Å². The number of furan rings is 1. The van der Waals surface area contributed by atoms with Gasteiger partial charge in [-0.25, -0.2) is 5.10 Å². The molecule has 7 heteroatoms. The quantitative estimate of drug-likeness (QED) is 0.880. The number of carbonyl (C=O) groups is 1. The van der Waals surface area contributed by atoms with Crippen molar-refractivity contribution in [3.05, 3.63) is 21.8 Å². The van der Waals surface area contributed by atoms with Gasteiger partial charge in [0.05, 0.1) is 17.6 Å². The zero-order chi connectivity index (χ0) is 18.3. The van der Waals surface area contributed by atoms with Gasteiger partial charge in [-0.1, -0.05) is 12.8 Å². The maximum atomic E-state index is 12.7. The number of rotatable bonds is 3. The van der Waals surface area contributed by atoms with E-state index >= 15 is 0 Å². The number of hydrogen-bond donors (Lipinski definition) is 2. The zero-order valence-electron chi connectivity index (χ0n) is 15.4. The number of aromatic amines is 1. The summed E-state index contributed by atoms with van der Waals surface area (Å²) in [4.78, 5) is 27.2. The molecule has 1 saturated heterocycles. The van der Waals surface area contributed by atoms with Gasteiger partial charge < -0.3 is 4.42 Å². The Morgan fingerprint density at radius 1 is 1.23 bits per heavy atom. The first kappa shape index (κ1) is 17.3. The molecule has 0 aromatic carbocycles. The van der Waals surface area contributed by atoms with E-state index in [0.717, 1.165) is 18.9 Å². The minimum atomic E-state index is -0.344. The SMILES string of the molecule is Cc1n[nH]c(=O)c2c(NC(=O)CN3CCC[C@H]4CCCC[C@@H]43)oc(C)c12. The third kappa shape index (κ3) is 3.05. The molecule has 7 nitrogen and oxygen atoms in total. The molecule has 2 aliphatic rings. The largest absolute Gasteiger partial charge is 0.444 e. The average molecular weight is 358 g/mol. The van der Waals surface area contributed by atoms with E-state index in [1.165, 1.54) is 32.1 Å². The minimum absolute atomic E-state index is 0.124. The Labute approximate surface area is 152 Å². The van der Waals surface area contributed by atoms with Crippen molar-refractivity contribution in [2.45, 2.75) is 58.4 Å². The molecule has 0 bridgehead atoms. The fourth-order valence-corrected chi connectivity index (χ4v) is 4.81. The highest BCUT2D eigenvalue weighted by Gasteiger charge is 2.34. The highest BCUT2D eigenvalue weighted by Crippen LogP contribution is 2.35. The van der Waals surface area contributed by atoms with Gasteiger partial charge in [0.2, 0.25) is 11.8 Å². The predicted octanol–water partition coefficient (Wildman–Crippen LogP) is 2.73. The van der Waals surface area contributed by atoms with Crippen molar-refractivity contribution in [1.29, 1.82) is 0 Å². The number of anilines is 1. The normalized spacial score (nSPS) is 23.8. The molecular weight excluding hydrogens is 332 g/mol. The second-order valence-electron chi connectivity index (χ2n) is 7.65. The number of likely N-dealkylation sites (tertiary alicyclic amines) is 1. The Hall–Kier alpha value is -2.15. The van der Waals surface area contributed by atoms with Crippen molar-refractivity contribution >= 4 is 22.6 Å². The van der Waals surface area contributed by atoms with Gasteiger partial charge in [0.1, 0.15) is 11.1 Å². The number of fused-ring (bicyclic) bond motifs is 2. The number of piperidine rings is 1. The van der Waals surface area contributed by atoms with Gasteiger partial charge in [0.15, 0.2) is 0 Å². The predicted molar refractivity (Wildman–Crippen MR) is 99.3 cm³/mol. The highest BCUT2D eigenvalue weighted by atomic mass is 16.4. The Balaban J connectivity index is 1.53. The van der Waals surface area contributed by atoms with Crippen LogP contribution in [0.2, 0.25) is 0 Å². The number of carbonyl (C=O) groups excluding carboxylic acids is 1. The van der Waals surface area contributed by atoms with E-state index in [2.05, 4.69) is 20.4 Å². The van der Waals surface area contributed by atoms with Crippen LogP contribution in [0.3, 0.4) is 0 Å². The van der Waals surface area contributed by atoms with E-state index in [9.17, 15) is 9.59 Å². The van der Waals surface area contributed by atoms with E-state index in [1.54, 1.807) is 6.92 Å². The lowest BCUT2D eigenvalue weighted by atomic mass is 9.78. The van der Waals surface area contributed by atoms with Gasteiger partial charge in [-0.05, 0) is 52.0 Å². The molecule has 2 aromatic heterocycles. The van der Waals surface area contributed by atoms with Gasteiger partial charge >= 0.3 is 0 Å². The van der Waals surface area contributed by atoms with E-state index in [4.69, 9.17) is 4.42 Å². The van der Waals surface area contributed by atoms with Gasteiger partial charge in [0.25, 0.3) is 5.56 Å². The molecule has 140 valence electrons. The molecule has 1 amide bonds. The van der Waals surface area contributed by atoms with E-state index in [0.29, 0.717) is 34.8 Å². The second kappa shape index (κ2) is 6.87. The third-order valence-corrected chi connectivity index (χ3v) is 5.96. The Morgan fingerprint density at radius 2 is 2.00 bits per heavy atom. The molecule has 0 spiro atoms. The summed E-state index contributed by atoms with van der Waals surface area (Å²) < 4.78 is 5.68. The average Bonchev–Trinajstić information content (AvgIpc) is 2.96. The monoisotopic (exact) mass is 358 g/mol. The Bertz CT molecular complexity index is 883. The number of aromatic nitrogens is 2. The van der Waals surface area contributed by atoms with E-state index in [-0.39, 0.29) is 17.4 Å². The van der Waals surface area contributed by atoms with Crippen LogP contribution in [0.5, 0.6) is 0 Å². The molecule has 2 aromatic rings. The highest BCUT2D eigenvalue weighted by molar-refractivity contribution is 6.01. The second-order valence-corrected chi connectivity index (χ2v) is 7.65. The topological polar surface area (TPSA) is 91.2 Å². The first-order valence-corrected chi connectivity index (χ1v) is 9.57. The van der Waals surface area contributed by atoms with Crippen LogP contribution in [0.15, 0.2) is 9.21 Å². The summed E-state index contributed by atoms with van der Waals surface area (Å²) in [6.07, 6.45) is 7.48. The van der Waals surface area contributed by atoms with Crippen molar-refractivity contribution < 1.29 is 9.21 Å². The molecule has 2 atom stereocenters. The van der Waals surface area contributed by atoms with Crippen LogP contribution in [0.25, 0.3) is 10.8 Å². The van der Waals surface area contributed by atoms with Crippen molar-refractivity contribution in [3.63, 3.8) is 0 Å². The minimum Gasteiger partial charge on any atom is -0.444 e. The van der Waals surface area contributed by atoms with E-state index < -0.39 is 0 Å². The summed E-state index contributed by atoms with van der Waals surface area (Å²) in [6.45, 7) is 4.91. The third-order valence-electron chi connectivity index (χ3n) is 5.96. The molecule has 2 fully saturated rings. The summed E-state index contributed by atoms with van der Waals surface area (Å²) in [7, 11) is 0. The molecule has 1 aliphatic heterocycles. The van der Waals surface area contributed by atoms with Crippen LogP contribution >= 0.6 is 0 Å². The molecule has 3 heterocycles. The molecule has 0 radical (unpaired) electrons. The molecule has 4 rings (SSSR count). The molecule has 0 unspecified atom stereocenters. The lowest BCUT2D eigenvalue weighted by Gasteiger charge is -2.43. The van der Waals surface area contributed by atoms with E-state index in [1.807, 2.05) is 6.92 Å². The molecule has 2 N–H and O–H groups in total. The van der Waals surface area contributed by atoms with Gasteiger partial charge in [0, 0.05) is 6.04 Å². The van der Waals surface area contributed by atoms with Crippen LogP contribution in [-0.2, 0) is 4.79 Å². The molecule has 1 aliphatic carbocycles. The molecular formula is C19H26N4O3. The first-order chi connectivity index (χ1) is 12.5. The lowest BCUT2D eigenvalue weighted by Crippen LogP contribution is -2.49. The van der Waals surface area contributed by atoms with Gasteiger partial charge in [-0.2, -0.15) is 5.10 Å². The number of amides is 1. The summed E-state index contributed by atoms with van der Waals surface area (Å²) in [5, 5.41) is 10.3. The summed E-state index contributed by atoms with van der Waals surface area (Å²) in [5.74, 6) is 1.43. The summed E-state index contributed by atoms with van der Waals surface area (Å²) in [6, 6.07) is 0.521. The van der Waals surface area contributed by atoms with Crippen LogP contribution in [0.1, 0.15) is 50.0 Å². The number of aryl methyl sites for hydroxylation is 2. The Morgan fingerprint density at radius 3 is 2.85 bits per heavy atom. The maximum absolute atomic E-state index is 12.7. The molecule has 1 saturated carbocycles. The zero-order valence-corrected chi connectivity index (χ0v) is 15.4. The lowest BCUT2D eigenvalue weighted by molar-refractivity contribution is -0.119. The van der Waals surface area contributed by atoms with Crippen molar-refractivity contribution in [3.8, 4) is 0 Å². The summed E-state index contributed by atoms with van der Waals surface area (Å²) in [5.41, 5.74) is 0.338. The van der Waals surface area contributed by atoms with Crippen molar-refractivity contribution in [1.82, 2.24) is 15.1 Å². The van der Waals surface area contributed by atoms with Gasteiger partial charge in [-0.15, -0.1) is 0 Å². The first-order valence-electron chi connectivity index (χ1n) is 9.57. The number of hydrogen-bond acceptors (Lipinski definition) is 5. The Kier molecular flexibility index (Phi) is 4.56. The maximum Gasteiger partial charge on any atom is 0.277 e. The van der Waals surface area contributed by atoms with Crippen LogP contribution in [0.4, 0.5) is 5.88 Å². The number of nitrogens with one attached hydrogen (secondary N) is 2. The van der Waals surface area contributed by atoms with Crippen LogP contribution in [0, 0.1) is 19.8 Å². The fourth-order valence-electron chi connectivity index (χ4n) is 4.81. The standard InChI is InChI=1S/C19H26N4O3/c1-11-16-12(2)26-19(17(16)18(25)22-21-11)20-15(24)10-23-9-5-7-13-6-3-4-8-14(13)23/h13-14H,3-10H2,1-2H3,(H,20,24)(H,22,25)/t13-,14+/m1/s1. The number of H-pyrrole nitrogens is 1. The number of nitrogens with zero attached hydrogens (tertiary/aromatic N) is 2. The van der Waals surface area contributed by atoms with Crippen molar-refractivity contribution in [2.75, 3.05) is 18.4 Å². The fraction of sp³-hybridized carbons (Fsp3) is 0.632. The smallest absolute Gasteiger partial charge is 0.277 e. The van der Waals surface area contributed by atoms with Crippen molar-refractivity contribution in [2.24, 2.45) is 5.92 Å². The van der Waals surface area contributed by atoms with Crippen LogP contribution < -0.4 is 10.9 Å². The van der Waals surface area contributed by atoms with Gasteiger partial charge in [-0.3, -0.25) is 19.8 Å².